The summed E-state index contributed by atoms with van der Waals surface area (Å²) < 4.78 is 0. The Labute approximate surface area is 91.0 Å². The summed E-state index contributed by atoms with van der Waals surface area (Å²) in [7, 11) is 0. The number of allylic oxidation sites excluding steroid dienone is 1. The molecule has 80 valence electrons. The first-order chi connectivity index (χ1) is 7.22. The summed E-state index contributed by atoms with van der Waals surface area (Å²) in [5.41, 5.74) is 1.97. The van der Waals surface area contributed by atoms with Crippen molar-refractivity contribution in [3.63, 3.8) is 0 Å². The molecular weight excluding hydrogens is 186 g/mol. The van der Waals surface area contributed by atoms with E-state index in [1.807, 2.05) is 37.3 Å². The highest BCUT2D eigenvalue weighted by Gasteiger charge is 2.02. The van der Waals surface area contributed by atoms with Crippen LogP contribution in [-0.2, 0) is 4.79 Å². The fraction of sp³-hybridized carbons (Fsp3) is 0.308. The van der Waals surface area contributed by atoms with Gasteiger partial charge in [0.1, 0.15) is 0 Å². The Bertz CT molecular complexity index is 330. The van der Waals surface area contributed by atoms with Crippen molar-refractivity contribution >= 4 is 11.5 Å². The Balaban J connectivity index is 2.32. The number of benzene rings is 1. The first-order valence-electron chi connectivity index (χ1n) is 5.19. The second-order valence-electron chi connectivity index (χ2n) is 3.54. The molecule has 1 aromatic carbocycles. The molecule has 0 aromatic heterocycles. The molecule has 2 nitrogen and oxygen atoms in total. The zero-order valence-electron chi connectivity index (χ0n) is 9.12. The number of carbonyl (C=O) groups excluding carboxylic acids is 1. The third kappa shape index (κ3) is 4.45. The molecular formula is C13H17NO. The fourth-order valence-electron chi connectivity index (χ4n) is 1.22. The minimum Gasteiger partial charge on any atom is -0.378 e. The predicted octanol–water partition coefficient (Wildman–Crippen LogP) is 3.02. The zero-order chi connectivity index (χ0) is 11.1. The Kier molecular flexibility index (Phi) is 4.61. The standard InChI is InChI=1S/C13H17NO/c1-3-11(2)9-13(15)10-14-12-7-5-4-6-8-12/h4-8,14H,2-3,9-10H2,1H3. The molecule has 0 radical (unpaired) electrons. The lowest BCUT2D eigenvalue weighted by Gasteiger charge is -2.05. The van der Waals surface area contributed by atoms with E-state index in [2.05, 4.69) is 11.9 Å². The highest BCUT2D eigenvalue weighted by Crippen LogP contribution is 2.06. The van der Waals surface area contributed by atoms with Crippen LogP contribution in [0, 0.1) is 0 Å². The zero-order valence-corrected chi connectivity index (χ0v) is 9.12. The molecule has 0 aliphatic heterocycles. The molecule has 0 unspecified atom stereocenters. The van der Waals surface area contributed by atoms with Crippen molar-refractivity contribution < 1.29 is 4.79 Å². The van der Waals surface area contributed by atoms with Crippen LogP contribution >= 0.6 is 0 Å². The van der Waals surface area contributed by atoms with Crippen molar-refractivity contribution in [2.45, 2.75) is 19.8 Å². The minimum absolute atomic E-state index is 0.186. The summed E-state index contributed by atoms with van der Waals surface area (Å²) in [6.07, 6.45) is 1.35. The third-order valence-electron chi connectivity index (χ3n) is 2.21. The molecule has 2 heteroatoms. The van der Waals surface area contributed by atoms with Crippen LogP contribution < -0.4 is 5.32 Å². The first-order valence-corrected chi connectivity index (χ1v) is 5.19. The van der Waals surface area contributed by atoms with Gasteiger partial charge in [0.15, 0.2) is 5.78 Å². The molecule has 1 aromatic rings. The van der Waals surface area contributed by atoms with Gasteiger partial charge < -0.3 is 5.32 Å². The Morgan fingerprint density at radius 2 is 2.00 bits per heavy atom. The van der Waals surface area contributed by atoms with Crippen LogP contribution in [-0.4, -0.2) is 12.3 Å². The summed E-state index contributed by atoms with van der Waals surface area (Å²) in [6, 6.07) is 9.73. The summed E-state index contributed by atoms with van der Waals surface area (Å²) in [6.45, 7) is 6.21. The lowest BCUT2D eigenvalue weighted by atomic mass is 10.1. The van der Waals surface area contributed by atoms with E-state index < -0.39 is 0 Å². The van der Waals surface area contributed by atoms with E-state index in [-0.39, 0.29) is 5.78 Å². The number of carbonyl (C=O) groups is 1. The highest BCUT2D eigenvalue weighted by molar-refractivity contribution is 5.84. The number of ketones is 1. The third-order valence-corrected chi connectivity index (χ3v) is 2.21. The maximum atomic E-state index is 11.5. The predicted molar refractivity (Wildman–Crippen MR) is 64.0 cm³/mol. The smallest absolute Gasteiger partial charge is 0.155 e. The highest BCUT2D eigenvalue weighted by atomic mass is 16.1. The van der Waals surface area contributed by atoms with Crippen molar-refractivity contribution in [2.24, 2.45) is 0 Å². The summed E-state index contributed by atoms with van der Waals surface area (Å²) in [5, 5.41) is 3.08. The molecule has 0 saturated carbocycles. The van der Waals surface area contributed by atoms with Crippen LogP contribution in [0.2, 0.25) is 0 Å². The summed E-state index contributed by atoms with van der Waals surface area (Å²) in [5.74, 6) is 0.186. The lowest BCUT2D eigenvalue weighted by molar-refractivity contribution is -0.116. The van der Waals surface area contributed by atoms with Crippen molar-refractivity contribution in [1.29, 1.82) is 0 Å². The van der Waals surface area contributed by atoms with Crippen LogP contribution in [0.1, 0.15) is 19.8 Å². The molecule has 0 heterocycles. The quantitative estimate of drug-likeness (QED) is 0.720. The maximum Gasteiger partial charge on any atom is 0.155 e. The van der Waals surface area contributed by atoms with Crippen molar-refractivity contribution in [1.82, 2.24) is 0 Å². The first kappa shape index (κ1) is 11.5. The van der Waals surface area contributed by atoms with Gasteiger partial charge >= 0.3 is 0 Å². The number of anilines is 1. The van der Waals surface area contributed by atoms with Crippen molar-refractivity contribution in [3.8, 4) is 0 Å². The molecule has 0 saturated heterocycles. The summed E-state index contributed by atoms with van der Waals surface area (Å²) in [4.78, 5) is 11.5. The number of hydrogen-bond acceptors (Lipinski definition) is 2. The SMILES string of the molecule is C=C(CC)CC(=O)CNc1ccccc1. The van der Waals surface area contributed by atoms with Crippen LogP contribution in [0.25, 0.3) is 0 Å². The van der Waals surface area contributed by atoms with E-state index in [0.717, 1.165) is 17.7 Å². The molecule has 0 fully saturated rings. The van der Waals surface area contributed by atoms with E-state index >= 15 is 0 Å². The Morgan fingerprint density at radius 1 is 1.33 bits per heavy atom. The fourth-order valence-corrected chi connectivity index (χ4v) is 1.22. The molecule has 0 bridgehead atoms. The van der Waals surface area contributed by atoms with E-state index in [0.29, 0.717) is 13.0 Å². The van der Waals surface area contributed by atoms with Crippen molar-refractivity contribution in [3.05, 3.63) is 42.5 Å². The van der Waals surface area contributed by atoms with Crippen LogP contribution in [0.3, 0.4) is 0 Å². The average molecular weight is 203 g/mol. The van der Waals surface area contributed by atoms with E-state index in [1.54, 1.807) is 0 Å². The van der Waals surface area contributed by atoms with Gasteiger partial charge in [0.05, 0.1) is 6.54 Å². The van der Waals surface area contributed by atoms with Gasteiger partial charge in [0, 0.05) is 12.1 Å². The van der Waals surface area contributed by atoms with Gasteiger partial charge in [0.2, 0.25) is 0 Å². The largest absolute Gasteiger partial charge is 0.378 e. The van der Waals surface area contributed by atoms with Gasteiger partial charge in [-0.15, -0.1) is 0 Å². The van der Waals surface area contributed by atoms with E-state index in [4.69, 9.17) is 0 Å². The second-order valence-corrected chi connectivity index (χ2v) is 3.54. The monoisotopic (exact) mass is 203 g/mol. The molecule has 1 rings (SSSR count). The number of Topliss-reactive ketones (excluding diaryl/α,β-unsaturated/α-hetero) is 1. The Morgan fingerprint density at radius 3 is 2.60 bits per heavy atom. The molecule has 0 spiro atoms. The average Bonchev–Trinajstić information content (AvgIpc) is 2.27. The minimum atomic E-state index is 0.186. The number of rotatable bonds is 6. The molecule has 0 amide bonds. The van der Waals surface area contributed by atoms with Gasteiger partial charge in [0.25, 0.3) is 0 Å². The number of nitrogens with one attached hydrogen (secondary N) is 1. The number of para-hydroxylation sites is 1. The lowest BCUT2D eigenvalue weighted by Crippen LogP contribution is -2.13. The molecule has 15 heavy (non-hydrogen) atoms. The van der Waals surface area contributed by atoms with Crippen LogP contribution in [0.5, 0.6) is 0 Å². The normalized spacial score (nSPS) is 9.67. The van der Waals surface area contributed by atoms with E-state index in [1.165, 1.54) is 0 Å². The molecule has 0 aliphatic rings. The van der Waals surface area contributed by atoms with E-state index in [9.17, 15) is 4.79 Å². The van der Waals surface area contributed by atoms with Gasteiger partial charge in [-0.3, -0.25) is 4.79 Å². The van der Waals surface area contributed by atoms with Crippen LogP contribution in [0.15, 0.2) is 42.5 Å². The van der Waals surface area contributed by atoms with Gasteiger partial charge in [-0.1, -0.05) is 37.3 Å². The molecule has 0 atom stereocenters. The second kappa shape index (κ2) is 6.02. The van der Waals surface area contributed by atoms with Crippen molar-refractivity contribution in [2.75, 3.05) is 11.9 Å². The molecule has 1 N–H and O–H groups in total. The van der Waals surface area contributed by atoms with Gasteiger partial charge in [-0.2, -0.15) is 0 Å². The van der Waals surface area contributed by atoms with Gasteiger partial charge in [-0.25, -0.2) is 0 Å². The Hall–Kier alpha value is -1.57. The summed E-state index contributed by atoms with van der Waals surface area (Å²) >= 11 is 0. The topological polar surface area (TPSA) is 29.1 Å². The number of hydrogen-bond donors (Lipinski definition) is 1. The van der Waals surface area contributed by atoms with Gasteiger partial charge in [-0.05, 0) is 18.6 Å². The maximum absolute atomic E-state index is 11.5. The molecule has 0 aliphatic carbocycles. The van der Waals surface area contributed by atoms with Crippen LogP contribution in [0.4, 0.5) is 5.69 Å².